The average molecular weight is 174 g/mol. The molecule has 0 spiro atoms. The van der Waals surface area contributed by atoms with Crippen LogP contribution in [0.4, 0.5) is 0 Å². The molecule has 0 aliphatic rings. The maximum Gasteiger partial charge on any atom is 0.234 e. The molecule has 1 amide bonds. The summed E-state index contributed by atoms with van der Waals surface area (Å²) in [5, 5.41) is 11.6. The van der Waals surface area contributed by atoms with Gasteiger partial charge in [0.25, 0.3) is 0 Å². The van der Waals surface area contributed by atoms with Crippen molar-refractivity contribution in [3.05, 3.63) is 0 Å². The quantitative estimate of drug-likeness (QED) is 0.513. The fraction of sp³-hybridized carbons (Fsp3) is 0.875. The van der Waals surface area contributed by atoms with Crippen LogP contribution in [0, 0.1) is 0 Å². The van der Waals surface area contributed by atoms with E-state index in [4.69, 9.17) is 10.8 Å². The molecule has 0 aromatic rings. The highest BCUT2D eigenvalue weighted by Crippen LogP contribution is 1.97. The van der Waals surface area contributed by atoms with Gasteiger partial charge in [0.05, 0.1) is 6.04 Å². The van der Waals surface area contributed by atoms with Crippen molar-refractivity contribution in [2.24, 2.45) is 5.73 Å². The number of aliphatic hydroxyl groups is 1. The number of rotatable bonds is 6. The van der Waals surface area contributed by atoms with Crippen molar-refractivity contribution in [2.75, 3.05) is 6.61 Å². The van der Waals surface area contributed by atoms with Crippen molar-refractivity contribution in [1.29, 1.82) is 0 Å². The highest BCUT2D eigenvalue weighted by molar-refractivity contribution is 5.79. The van der Waals surface area contributed by atoms with E-state index in [0.717, 1.165) is 0 Å². The van der Waals surface area contributed by atoms with E-state index in [9.17, 15) is 4.79 Å². The maximum absolute atomic E-state index is 10.8. The monoisotopic (exact) mass is 174 g/mol. The Morgan fingerprint density at radius 2 is 2.17 bits per heavy atom. The van der Waals surface area contributed by atoms with Crippen molar-refractivity contribution >= 4 is 5.91 Å². The van der Waals surface area contributed by atoms with E-state index >= 15 is 0 Å². The van der Waals surface area contributed by atoms with Gasteiger partial charge >= 0.3 is 0 Å². The normalized spacial score (nSPS) is 13.3. The van der Waals surface area contributed by atoms with Crippen molar-refractivity contribution < 1.29 is 9.90 Å². The first kappa shape index (κ1) is 11.4. The lowest BCUT2D eigenvalue weighted by Gasteiger charge is -2.17. The summed E-state index contributed by atoms with van der Waals surface area (Å²) in [4.78, 5) is 10.8. The van der Waals surface area contributed by atoms with Gasteiger partial charge in [0.1, 0.15) is 0 Å². The number of nitrogens with one attached hydrogen (secondary N) is 1. The molecule has 0 radical (unpaired) electrons. The first-order valence-electron chi connectivity index (χ1n) is 4.24. The molecule has 0 heterocycles. The first-order valence-corrected chi connectivity index (χ1v) is 4.24. The lowest BCUT2D eigenvalue weighted by molar-refractivity contribution is -0.120. The van der Waals surface area contributed by atoms with E-state index in [2.05, 4.69) is 5.32 Å². The van der Waals surface area contributed by atoms with Gasteiger partial charge in [-0.2, -0.15) is 0 Å². The van der Waals surface area contributed by atoms with Gasteiger partial charge in [-0.05, 0) is 12.8 Å². The number of nitrogens with two attached hydrogens (primary N) is 1. The van der Waals surface area contributed by atoms with Gasteiger partial charge in [0, 0.05) is 12.6 Å². The standard InChI is InChI=1S/C8H18N2O2/c1-6(2)10-7(8(9)12)4-3-5-11/h6-7,10-11H,3-5H2,1-2H3,(H2,9,12). The SMILES string of the molecule is CC(C)NC(CCCO)C(N)=O. The highest BCUT2D eigenvalue weighted by Gasteiger charge is 2.14. The Morgan fingerprint density at radius 3 is 2.50 bits per heavy atom. The molecular formula is C8H18N2O2. The summed E-state index contributed by atoms with van der Waals surface area (Å²) in [6, 6.07) is -0.0710. The van der Waals surface area contributed by atoms with E-state index in [0.29, 0.717) is 12.8 Å². The first-order chi connectivity index (χ1) is 5.57. The third-order valence-electron chi connectivity index (χ3n) is 1.53. The summed E-state index contributed by atoms with van der Waals surface area (Å²) < 4.78 is 0. The van der Waals surface area contributed by atoms with Crippen LogP contribution in [-0.2, 0) is 4.79 Å². The van der Waals surface area contributed by atoms with Crippen LogP contribution >= 0.6 is 0 Å². The molecule has 0 aromatic carbocycles. The predicted octanol–water partition coefficient (Wildman–Crippen LogP) is -0.389. The van der Waals surface area contributed by atoms with Crippen LogP contribution in [0.3, 0.4) is 0 Å². The number of primary amides is 1. The zero-order valence-electron chi connectivity index (χ0n) is 7.71. The summed E-state index contributed by atoms with van der Waals surface area (Å²) in [6.07, 6.45) is 1.21. The molecule has 0 bridgehead atoms. The molecule has 4 N–H and O–H groups in total. The second-order valence-electron chi connectivity index (χ2n) is 3.14. The smallest absolute Gasteiger partial charge is 0.234 e. The summed E-state index contributed by atoms with van der Waals surface area (Å²) in [6.45, 7) is 4.01. The molecule has 0 saturated carbocycles. The second-order valence-corrected chi connectivity index (χ2v) is 3.14. The van der Waals surface area contributed by atoms with Crippen LogP contribution in [0.15, 0.2) is 0 Å². The molecule has 1 unspecified atom stereocenters. The minimum atomic E-state index is -0.350. The molecule has 4 heteroatoms. The number of amides is 1. The third-order valence-corrected chi connectivity index (χ3v) is 1.53. The van der Waals surface area contributed by atoms with Gasteiger partial charge in [0.15, 0.2) is 0 Å². The molecule has 1 atom stereocenters. The Labute approximate surface area is 73.1 Å². The van der Waals surface area contributed by atoms with Crippen LogP contribution in [-0.4, -0.2) is 29.7 Å². The van der Waals surface area contributed by atoms with Crippen molar-refractivity contribution in [1.82, 2.24) is 5.32 Å². The van der Waals surface area contributed by atoms with E-state index in [1.165, 1.54) is 0 Å². The zero-order valence-corrected chi connectivity index (χ0v) is 7.71. The Bertz CT molecular complexity index is 137. The van der Waals surface area contributed by atoms with Gasteiger partial charge < -0.3 is 16.2 Å². The van der Waals surface area contributed by atoms with E-state index in [1.807, 2.05) is 13.8 Å². The Morgan fingerprint density at radius 1 is 1.58 bits per heavy atom. The minimum absolute atomic E-state index is 0.101. The summed E-state index contributed by atoms with van der Waals surface area (Å²) in [5.74, 6) is -0.350. The lowest BCUT2D eigenvalue weighted by atomic mass is 10.1. The van der Waals surface area contributed by atoms with Gasteiger partial charge in [-0.1, -0.05) is 13.8 Å². The topological polar surface area (TPSA) is 75.3 Å². The molecule has 0 aliphatic carbocycles. The van der Waals surface area contributed by atoms with Gasteiger partial charge in [-0.25, -0.2) is 0 Å². The molecule has 4 nitrogen and oxygen atoms in total. The summed E-state index contributed by atoms with van der Waals surface area (Å²) in [5.41, 5.74) is 5.14. The Balaban J connectivity index is 3.78. The van der Waals surface area contributed by atoms with Crippen molar-refractivity contribution in [3.8, 4) is 0 Å². The van der Waals surface area contributed by atoms with Crippen molar-refractivity contribution in [3.63, 3.8) is 0 Å². The van der Waals surface area contributed by atoms with Gasteiger partial charge in [0.2, 0.25) is 5.91 Å². The molecule has 0 aromatic heterocycles. The molecule has 12 heavy (non-hydrogen) atoms. The molecule has 72 valence electrons. The average Bonchev–Trinajstić information content (AvgIpc) is 1.96. The Hall–Kier alpha value is -0.610. The number of aliphatic hydroxyl groups excluding tert-OH is 1. The second kappa shape index (κ2) is 5.97. The Kier molecular flexibility index (Phi) is 5.66. The fourth-order valence-corrected chi connectivity index (χ4v) is 1.01. The summed E-state index contributed by atoms with van der Waals surface area (Å²) in [7, 11) is 0. The van der Waals surface area contributed by atoms with Crippen LogP contribution in [0.1, 0.15) is 26.7 Å². The fourth-order valence-electron chi connectivity index (χ4n) is 1.01. The third kappa shape index (κ3) is 5.09. The molecule has 0 rings (SSSR count). The minimum Gasteiger partial charge on any atom is -0.396 e. The molecule has 0 aliphatic heterocycles. The predicted molar refractivity (Wildman–Crippen MR) is 47.6 cm³/mol. The lowest BCUT2D eigenvalue weighted by Crippen LogP contribution is -2.44. The molecular weight excluding hydrogens is 156 g/mol. The number of hydrogen-bond acceptors (Lipinski definition) is 3. The van der Waals surface area contributed by atoms with Crippen LogP contribution in [0.2, 0.25) is 0 Å². The highest BCUT2D eigenvalue weighted by atomic mass is 16.3. The van der Waals surface area contributed by atoms with Crippen LogP contribution in [0.25, 0.3) is 0 Å². The summed E-state index contributed by atoms with van der Waals surface area (Å²) >= 11 is 0. The van der Waals surface area contributed by atoms with Crippen molar-refractivity contribution in [2.45, 2.75) is 38.8 Å². The van der Waals surface area contributed by atoms with E-state index in [-0.39, 0.29) is 24.6 Å². The van der Waals surface area contributed by atoms with Gasteiger partial charge in [-0.15, -0.1) is 0 Å². The van der Waals surface area contributed by atoms with Crippen LogP contribution in [0.5, 0.6) is 0 Å². The number of carbonyl (C=O) groups excluding carboxylic acids is 1. The molecule has 0 fully saturated rings. The zero-order chi connectivity index (χ0) is 9.56. The largest absolute Gasteiger partial charge is 0.396 e. The van der Waals surface area contributed by atoms with Gasteiger partial charge in [-0.3, -0.25) is 4.79 Å². The number of carbonyl (C=O) groups is 1. The van der Waals surface area contributed by atoms with E-state index < -0.39 is 0 Å². The number of hydrogen-bond donors (Lipinski definition) is 3. The molecule has 0 saturated heterocycles. The maximum atomic E-state index is 10.8. The van der Waals surface area contributed by atoms with E-state index in [1.54, 1.807) is 0 Å². The van der Waals surface area contributed by atoms with Crippen LogP contribution < -0.4 is 11.1 Å².